The lowest BCUT2D eigenvalue weighted by Gasteiger charge is -2.42. The van der Waals surface area contributed by atoms with Gasteiger partial charge in [-0.3, -0.25) is 24.5 Å². The molecule has 0 spiro atoms. The molecule has 1 saturated heterocycles. The van der Waals surface area contributed by atoms with Crippen LogP contribution in [0.4, 0.5) is 5.69 Å². The Morgan fingerprint density at radius 2 is 2.12 bits per heavy atom. The number of piperidine rings is 1. The van der Waals surface area contributed by atoms with Gasteiger partial charge in [0.2, 0.25) is 11.8 Å². The minimum atomic E-state index is -1.30. The Bertz CT molecular complexity index is 760. The fourth-order valence-corrected chi connectivity index (χ4v) is 3.23. The predicted molar refractivity (Wildman–Crippen MR) is 84.5 cm³/mol. The van der Waals surface area contributed by atoms with Crippen molar-refractivity contribution in [1.29, 1.82) is 0 Å². The van der Waals surface area contributed by atoms with Gasteiger partial charge in [0.25, 0.3) is 11.8 Å². The van der Waals surface area contributed by atoms with Gasteiger partial charge >= 0.3 is 0 Å². The molecule has 1 unspecified atom stereocenters. The van der Waals surface area contributed by atoms with Crippen LogP contribution in [0.3, 0.4) is 0 Å². The Morgan fingerprint density at radius 3 is 2.75 bits per heavy atom. The van der Waals surface area contributed by atoms with Crippen molar-refractivity contribution < 1.29 is 19.2 Å². The number of nitrogens with zero attached hydrogens (tertiary/aromatic N) is 1. The van der Waals surface area contributed by atoms with Crippen molar-refractivity contribution in [2.24, 2.45) is 0 Å². The molecule has 2 aliphatic heterocycles. The number of fused-ring (bicyclic) bond motifs is 1. The van der Waals surface area contributed by atoms with Crippen LogP contribution < -0.4 is 16.4 Å². The molecule has 0 radical (unpaired) electrons. The van der Waals surface area contributed by atoms with Crippen molar-refractivity contribution in [3.05, 3.63) is 29.3 Å². The molecule has 3 rings (SSSR count). The number of rotatable bonds is 3. The highest BCUT2D eigenvalue weighted by Crippen LogP contribution is 2.36. The van der Waals surface area contributed by atoms with Gasteiger partial charge in [0.05, 0.1) is 0 Å². The SMILES string of the molecule is CC(=O)NCC1(N2Cc3c(N)cccc3C2=O)CCC(=O)NC1=O. The van der Waals surface area contributed by atoms with Gasteiger partial charge in [-0.05, 0) is 18.6 Å². The molecule has 0 aliphatic carbocycles. The van der Waals surface area contributed by atoms with Crippen molar-refractivity contribution in [1.82, 2.24) is 15.5 Å². The van der Waals surface area contributed by atoms with E-state index in [1.165, 1.54) is 11.8 Å². The van der Waals surface area contributed by atoms with Gasteiger partial charge in [0.1, 0.15) is 5.54 Å². The summed E-state index contributed by atoms with van der Waals surface area (Å²) in [7, 11) is 0. The summed E-state index contributed by atoms with van der Waals surface area (Å²) in [4.78, 5) is 49.7. The van der Waals surface area contributed by atoms with E-state index < -0.39 is 11.4 Å². The van der Waals surface area contributed by atoms with Crippen LogP contribution in [0.2, 0.25) is 0 Å². The highest BCUT2D eigenvalue weighted by atomic mass is 16.2. The first-order valence-corrected chi connectivity index (χ1v) is 7.63. The van der Waals surface area contributed by atoms with Crippen LogP contribution in [0.5, 0.6) is 0 Å². The molecule has 1 atom stereocenters. The van der Waals surface area contributed by atoms with E-state index in [1.807, 2.05) is 0 Å². The number of carbonyl (C=O) groups excluding carboxylic acids is 4. The fourth-order valence-electron chi connectivity index (χ4n) is 3.23. The summed E-state index contributed by atoms with van der Waals surface area (Å²) in [5, 5.41) is 4.88. The molecule has 8 heteroatoms. The van der Waals surface area contributed by atoms with Gasteiger partial charge in [-0.2, -0.15) is 0 Å². The minimum absolute atomic E-state index is 0.0545. The molecule has 8 nitrogen and oxygen atoms in total. The molecule has 126 valence electrons. The highest BCUT2D eigenvalue weighted by Gasteiger charge is 2.52. The van der Waals surface area contributed by atoms with E-state index in [4.69, 9.17) is 5.73 Å². The van der Waals surface area contributed by atoms with Crippen LogP contribution in [0.25, 0.3) is 0 Å². The summed E-state index contributed by atoms with van der Waals surface area (Å²) in [5.74, 6) is -1.61. The summed E-state index contributed by atoms with van der Waals surface area (Å²) >= 11 is 0. The van der Waals surface area contributed by atoms with E-state index in [-0.39, 0.29) is 43.7 Å². The third kappa shape index (κ3) is 2.40. The maximum absolute atomic E-state index is 12.8. The maximum Gasteiger partial charge on any atom is 0.255 e. The number of benzene rings is 1. The first-order valence-electron chi connectivity index (χ1n) is 7.63. The van der Waals surface area contributed by atoms with Crippen molar-refractivity contribution in [3.8, 4) is 0 Å². The Hall–Kier alpha value is -2.90. The second kappa shape index (κ2) is 5.63. The molecule has 0 bridgehead atoms. The third-order valence-electron chi connectivity index (χ3n) is 4.59. The van der Waals surface area contributed by atoms with Crippen LogP contribution >= 0.6 is 0 Å². The standard InChI is InChI=1S/C16H18N4O4/c1-9(21)18-8-16(6-5-13(22)19-15(16)24)20-7-11-10(14(20)23)3-2-4-12(11)17/h2-4H,5-8,17H2,1H3,(H,18,21)(H,19,22,24). The zero-order valence-corrected chi connectivity index (χ0v) is 13.2. The Kier molecular flexibility index (Phi) is 3.75. The maximum atomic E-state index is 12.8. The Labute approximate surface area is 138 Å². The lowest BCUT2D eigenvalue weighted by molar-refractivity contribution is -0.143. The van der Waals surface area contributed by atoms with Crippen molar-refractivity contribution >= 4 is 29.3 Å². The molecule has 1 aromatic carbocycles. The molecule has 0 aromatic heterocycles. The average molecular weight is 330 g/mol. The number of carbonyl (C=O) groups is 4. The zero-order chi connectivity index (χ0) is 17.5. The summed E-state index contributed by atoms with van der Waals surface area (Å²) in [6, 6.07) is 5.03. The number of nitrogen functional groups attached to an aromatic ring is 1. The molecule has 4 amide bonds. The van der Waals surface area contributed by atoms with Crippen LogP contribution in [0.1, 0.15) is 35.7 Å². The summed E-state index contributed by atoms with van der Waals surface area (Å²) in [5.41, 5.74) is 6.23. The van der Waals surface area contributed by atoms with E-state index in [2.05, 4.69) is 10.6 Å². The van der Waals surface area contributed by atoms with Gasteiger partial charge in [0, 0.05) is 43.2 Å². The molecule has 24 heavy (non-hydrogen) atoms. The minimum Gasteiger partial charge on any atom is -0.398 e. The van der Waals surface area contributed by atoms with Gasteiger partial charge in [-0.25, -0.2) is 0 Å². The first-order chi connectivity index (χ1) is 11.3. The topological polar surface area (TPSA) is 122 Å². The average Bonchev–Trinajstić information content (AvgIpc) is 2.86. The first kappa shape index (κ1) is 16.0. The van der Waals surface area contributed by atoms with E-state index in [0.717, 1.165) is 0 Å². The summed E-state index contributed by atoms with van der Waals surface area (Å²) in [6.45, 7) is 1.45. The van der Waals surface area contributed by atoms with Crippen LogP contribution in [0, 0.1) is 0 Å². The summed E-state index contributed by atoms with van der Waals surface area (Å²) < 4.78 is 0. The fraction of sp³-hybridized carbons (Fsp3) is 0.375. The lowest BCUT2D eigenvalue weighted by Crippen LogP contribution is -2.67. The number of amides is 4. The molecule has 2 aliphatic rings. The largest absolute Gasteiger partial charge is 0.398 e. The van der Waals surface area contributed by atoms with Gasteiger partial charge < -0.3 is 16.0 Å². The van der Waals surface area contributed by atoms with E-state index in [1.54, 1.807) is 18.2 Å². The zero-order valence-electron chi connectivity index (χ0n) is 13.2. The van der Waals surface area contributed by atoms with Gasteiger partial charge in [-0.15, -0.1) is 0 Å². The second-order valence-corrected chi connectivity index (χ2v) is 6.08. The number of imide groups is 1. The molecule has 4 N–H and O–H groups in total. The molecule has 1 fully saturated rings. The number of hydrogen-bond acceptors (Lipinski definition) is 5. The number of hydrogen-bond donors (Lipinski definition) is 3. The van der Waals surface area contributed by atoms with Crippen molar-refractivity contribution in [2.45, 2.75) is 31.8 Å². The quantitative estimate of drug-likeness (QED) is 0.511. The van der Waals surface area contributed by atoms with E-state index in [0.29, 0.717) is 16.8 Å². The lowest BCUT2D eigenvalue weighted by atomic mass is 9.86. The highest BCUT2D eigenvalue weighted by molar-refractivity contribution is 6.08. The third-order valence-corrected chi connectivity index (χ3v) is 4.59. The number of nitrogens with one attached hydrogen (secondary N) is 2. The van der Waals surface area contributed by atoms with Crippen LogP contribution in [-0.4, -0.2) is 40.6 Å². The van der Waals surface area contributed by atoms with Crippen molar-refractivity contribution in [3.63, 3.8) is 0 Å². The predicted octanol–water partition coefficient (Wildman–Crippen LogP) is -0.464. The van der Waals surface area contributed by atoms with Gasteiger partial charge in [0.15, 0.2) is 0 Å². The Balaban J connectivity index is 2.00. The summed E-state index contributed by atoms with van der Waals surface area (Å²) in [6.07, 6.45) is 0.249. The van der Waals surface area contributed by atoms with Crippen LogP contribution in [0.15, 0.2) is 18.2 Å². The number of anilines is 1. The molecular formula is C16H18N4O4. The monoisotopic (exact) mass is 330 g/mol. The molecule has 1 aromatic rings. The second-order valence-electron chi connectivity index (χ2n) is 6.08. The molecule has 0 saturated carbocycles. The smallest absolute Gasteiger partial charge is 0.255 e. The van der Waals surface area contributed by atoms with Gasteiger partial charge in [-0.1, -0.05) is 6.07 Å². The van der Waals surface area contributed by atoms with Crippen LogP contribution in [-0.2, 0) is 20.9 Å². The normalized spacial score (nSPS) is 23.0. The van der Waals surface area contributed by atoms with E-state index in [9.17, 15) is 19.2 Å². The molecular weight excluding hydrogens is 312 g/mol. The molecule has 2 heterocycles. The Morgan fingerprint density at radius 1 is 1.38 bits per heavy atom. The van der Waals surface area contributed by atoms with Crippen molar-refractivity contribution in [2.75, 3.05) is 12.3 Å². The van der Waals surface area contributed by atoms with E-state index >= 15 is 0 Å². The number of nitrogens with two attached hydrogens (primary N) is 1.